The van der Waals surface area contributed by atoms with Gasteiger partial charge < -0.3 is 4.98 Å². The van der Waals surface area contributed by atoms with Crippen molar-refractivity contribution < 1.29 is 12.8 Å². The lowest BCUT2D eigenvalue weighted by molar-refractivity contribution is 0.600. The van der Waals surface area contributed by atoms with Crippen molar-refractivity contribution in [2.45, 2.75) is 4.90 Å². The van der Waals surface area contributed by atoms with E-state index in [1.165, 1.54) is 0 Å². The van der Waals surface area contributed by atoms with Crippen LogP contribution in [0, 0.1) is 5.82 Å². The van der Waals surface area contributed by atoms with E-state index in [-0.39, 0.29) is 25.7 Å². The van der Waals surface area contributed by atoms with Crippen molar-refractivity contribution in [1.82, 2.24) is 4.98 Å². The van der Waals surface area contributed by atoms with Crippen LogP contribution < -0.4 is 10.3 Å². The maximum Gasteiger partial charge on any atom is 0.266 e. The van der Waals surface area contributed by atoms with Crippen LogP contribution in [-0.2, 0) is 10.0 Å². The van der Waals surface area contributed by atoms with Gasteiger partial charge in [0.05, 0.1) is 15.7 Å². The molecule has 0 unspecified atom stereocenters. The molecule has 0 saturated heterocycles. The number of aromatic nitrogens is 1. The molecule has 10 heteroatoms. The van der Waals surface area contributed by atoms with Crippen molar-refractivity contribution >= 4 is 50.5 Å². The van der Waals surface area contributed by atoms with E-state index in [1.54, 1.807) is 0 Å². The second-order valence-corrected chi connectivity index (χ2v) is 6.78. The fraction of sp³-hybridized carbons (Fsp3) is 0. The average molecular weight is 372 g/mol. The van der Waals surface area contributed by atoms with Crippen LogP contribution in [0.3, 0.4) is 0 Å². The summed E-state index contributed by atoms with van der Waals surface area (Å²) in [6, 6.07) is 3.11. The second kappa shape index (κ2) is 5.84. The third kappa shape index (κ3) is 3.49. The molecule has 0 atom stereocenters. The molecule has 5 nitrogen and oxygen atoms in total. The van der Waals surface area contributed by atoms with E-state index < -0.39 is 21.4 Å². The minimum atomic E-state index is -4.04. The molecule has 2 rings (SSSR count). The normalized spacial score (nSPS) is 11.4. The molecule has 0 radical (unpaired) electrons. The fourth-order valence-electron chi connectivity index (χ4n) is 1.42. The Hall–Kier alpha value is -1.28. The molecule has 0 aliphatic heterocycles. The molecular weight excluding hydrogens is 366 g/mol. The standard InChI is InChI=1S/C11H6Cl3FN2O3S/c12-7-1-5(2-8(13)10(7)15)17-21(19,20)6-3-9(14)11(18)16-4-6/h1-4,17H,(H,16,18). The lowest BCUT2D eigenvalue weighted by atomic mass is 10.3. The molecule has 0 bridgehead atoms. The van der Waals surface area contributed by atoms with E-state index in [1.807, 2.05) is 0 Å². The van der Waals surface area contributed by atoms with Crippen LogP contribution in [0.25, 0.3) is 0 Å². The third-order valence-corrected chi connectivity index (χ3v) is 4.57. The summed E-state index contributed by atoms with van der Waals surface area (Å²) in [6.45, 7) is 0. The Morgan fingerprint density at radius 1 is 1.05 bits per heavy atom. The summed E-state index contributed by atoms with van der Waals surface area (Å²) in [7, 11) is -4.04. The van der Waals surface area contributed by atoms with Crippen LogP contribution >= 0.6 is 34.8 Å². The number of pyridine rings is 1. The van der Waals surface area contributed by atoms with Gasteiger partial charge in [-0.2, -0.15) is 0 Å². The van der Waals surface area contributed by atoms with Crippen molar-refractivity contribution in [1.29, 1.82) is 0 Å². The van der Waals surface area contributed by atoms with Crippen LogP contribution in [0.15, 0.2) is 34.1 Å². The molecule has 1 aromatic carbocycles. The van der Waals surface area contributed by atoms with Gasteiger partial charge in [0.1, 0.15) is 9.92 Å². The summed E-state index contributed by atoms with van der Waals surface area (Å²) in [4.78, 5) is 13.0. The molecule has 0 saturated carbocycles. The van der Waals surface area contributed by atoms with Crippen molar-refractivity contribution in [3.63, 3.8) is 0 Å². The Balaban J connectivity index is 2.42. The summed E-state index contributed by atoms with van der Waals surface area (Å²) in [5.74, 6) is -0.853. The number of nitrogens with one attached hydrogen (secondary N) is 2. The summed E-state index contributed by atoms with van der Waals surface area (Å²) < 4.78 is 39.6. The Morgan fingerprint density at radius 3 is 2.14 bits per heavy atom. The smallest absolute Gasteiger partial charge is 0.266 e. The zero-order chi connectivity index (χ0) is 15.8. The van der Waals surface area contributed by atoms with Gasteiger partial charge in [-0.1, -0.05) is 34.8 Å². The zero-order valence-corrected chi connectivity index (χ0v) is 13.0. The van der Waals surface area contributed by atoms with Crippen molar-refractivity contribution in [3.05, 3.63) is 55.6 Å². The van der Waals surface area contributed by atoms with Gasteiger partial charge in [-0.15, -0.1) is 0 Å². The molecular formula is C11H6Cl3FN2O3S. The first kappa shape index (κ1) is 16.1. The highest BCUT2D eigenvalue weighted by Gasteiger charge is 2.17. The molecule has 0 amide bonds. The van der Waals surface area contributed by atoms with Gasteiger partial charge >= 0.3 is 0 Å². The quantitative estimate of drug-likeness (QED) is 0.813. The topological polar surface area (TPSA) is 79.0 Å². The van der Waals surface area contributed by atoms with Gasteiger partial charge in [0.2, 0.25) is 0 Å². The van der Waals surface area contributed by atoms with Crippen LogP contribution in [0.4, 0.5) is 10.1 Å². The molecule has 0 aliphatic rings. The van der Waals surface area contributed by atoms with Gasteiger partial charge in [-0.05, 0) is 18.2 Å². The number of benzene rings is 1. The van der Waals surface area contributed by atoms with Gasteiger partial charge in [-0.3, -0.25) is 9.52 Å². The summed E-state index contributed by atoms with van der Waals surface area (Å²) in [5.41, 5.74) is -0.655. The predicted octanol–water partition coefficient (Wildman–Crippen LogP) is 3.28. The monoisotopic (exact) mass is 370 g/mol. The molecule has 1 heterocycles. The minimum absolute atomic E-state index is 0.0336. The number of aromatic amines is 1. The number of anilines is 1. The van der Waals surface area contributed by atoms with E-state index in [0.29, 0.717) is 0 Å². The van der Waals surface area contributed by atoms with Crippen molar-refractivity contribution in [2.75, 3.05) is 4.72 Å². The van der Waals surface area contributed by atoms with Crippen molar-refractivity contribution in [3.8, 4) is 0 Å². The second-order valence-electron chi connectivity index (χ2n) is 3.87. The van der Waals surface area contributed by atoms with E-state index in [4.69, 9.17) is 34.8 Å². The lowest BCUT2D eigenvalue weighted by Crippen LogP contribution is -2.16. The van der Waals surface area contributed by atoms with E-state index >= 15 is 0 Å². The van der Waals surface area contributed by atoms with Crippen LogP contribution in [0.2, 0.25) is 15.1 Å². The zero-order valence-electron chi connectivity index (χ0n) is 9.95. The molecule has 2 N–H and O–H groups in total. The summed E-state index contributed by atoms with van der Waals surface area (Å²) >= 11 is 16.7. The number of rotatable bonds is 3. The molecule has 21 heavy (non-hydrogen) atoms. The fourth-order valence-corrected chi connectivity index (χ4v) is 3.18. The Bertz CT molecular complexity index is 844. The summed E-state index contributed by atoms with van der Waals surface area (Å²) in [5, 5.41) is -0.951. The van der Waals surface area contributed by atoms with Gasteiger partial charge in [0, 0.05) is 6.20 Å². The average Bonchev–Trinajstić information content (AvgIpc) is 2.38. The highest BCUT2D eigenvalue weighted by Crippen LogP contribution is 2.28. The Kier molecular flexibility index (Phi) is 4.48. The van der Waals surface area contributed by atoms with Crippen molar-refractivity contribution in [2.24, 2.45) is 0 Å². The summed E-state index contributed by atoms with van der Waals surface area (Å²) in [6.07, 6.45) is 0.975. The highest BCUT2D eigenvalue weighted by molar-refractivity contribution is 7.92. The number of hydrogen-bond donors (Lipinski definition) is 2. The maximum atomic E-state index is 13.3. The largest absolute Gasteiger partial charge is 0.326 e. The van der Waals surface area contributed by atoms with E-state index in [0.717, 1.165) is 24.4 Å². The number of hydrogen-bond acceptors (Lipinski definition) is 3. The molecule has 2 aromatic rings. The number of sulfonamides is 1. The first-order valence-corrected chi connectivity index (χ1v) is 7.88. The SMILES string of the molecule is O=c1[nH]cc(S(=O)(=O)Nc2cc(Cl)c(F)c(Cl)c2)cc1Cl. The third-order valence-electron chi connectivity index (χ3n) is 2.38. The van der Waals surface area contributed by atoms with Crippen LogP contribution in [-0.4, -0.2) is 13.4 Å². The Morgan fingerprint density at radius 2 is 1.62 bits per heavy atom. The van der Waals surface area contributed by atoms with E-state index in [2.05, 4.69) is 9.71 Å². The number of H-pyrrole nitrogens is 1. The van der Waals surface area contributed by atoms with E-state index in [9.17, 15) is 17.6 Å². The highest BCUT2D eigenvalue weighted by atomic mass is 35.5. The predicted molar refractivity (Wildman–Crippen MR) is 79.3 cm³/mol. The number of halogens is 4. The molecule has 0 aliphatic carbocycles. The van der Waals surface area contributed by atoms with Gasteiger partial charge in [-0.25, -0.2) is 12.8 Å². The van der Waals surface area contributed by atoms with Crippen LogP contribution in [0.1, 0.15) is 0 Å². The van der Waals surface area contributed by atoms with Gasteiger partial charge in [0.25, 0.3) is 15.6 Å². The molecule has 1 aromatic heterocycles. The maximum absolute atomic E-state index is 13.3. The first-order valence-electron chi connectivity index (χ1n) is 5.26. The Labute approximate surface area is 133 Å². The molecule has 0 spiro atoms. The molecule has 112 valence electrons. The minimum Gasteiger partial charge on any atom is -0.326 e. The van der Waals surface area contributed by atoms with Gasteiger partial charge in [0.15, 0.2) is 5.82 Å². The first-order chi connectivity index (χ1) is 9.70. The van der Waals surface area contributed by atoms with Crippen LogP contribution in [0.5, 0.6) is 0 Å². The molecule has 0 fully saturated rings. The lowest BCUT2D eigenvalue weighted by Gasteiger charge is -2.09.